The minimum Gasteiger partial charge on any atom is -0.352 e. The molecule has 92 valence electrons. The van der Waals surface area contributed by atoms with Crippen molar-refractivity contribution < 1.29 is 5.21 Å². The van der Waals surface area contributed by atoms with E-state index >= 15 is 0 Å². The monoisotopic (exact) mass is 237 g/mol. The van der Waals surface area contributed by atoms with Crippen LogP contribution < -0.4 is 16.2 Å². The fraction of sp³-hybridized carbons (Fsp3) is 0.400. The Morgan fingerprint density at radius 1 is 1.65 bits per heavy atom. The van der Waals surface area contributed by atoms with Crippen molar-refractivity contribution in [3.63, 3.8) is 0 Å². The summed E-state index contributed by atoms with van der Waals surface area (Å²) in [6.45, 7) is 1.08. The van der Waals surface area contributed by atoms with Gasteiger partial charge in [0.15, 0.2) is 5.96 Å². The Bertz CT molecular complexity index is 458. The van der Waals surface area contributed by atoms with E-state index in [1.165, 1.54) is 11.3 Å². The van der Waals surface area contributed by atoms with Crippen LogP contribution in [0.1, 0.15) is 6.42 Å². The number of hydroxylamine groups is 2. The van der Waals surface area contributed by atoms with Gasteiger partial charge in [0.2, 0.25) is 0 Å². The molecule has 0 bridgehead atoms. The van der Waals surface area contributed by atoms with Crippen molar-refractivity contribution in [2.75, 3.05) is 18.4 Å². The van der Waals surface area contributed by atoms with Crippen LogP contribution in [0.2, 0.25) is 0 Å². The maximum atomic E-state index is 11.4. The van der Waals surface area contributed by atoms with Crippen LogP contribution in [-0.4, -0.2) is 40.3 Å². The summed E-state index contributed by atoms with van der Waals surface area (Å²) in [4.78, 5) is 13.9. The highest BCUT2D eigenvalue weighted by molar-refractivity contribution is 5.91. The first-order valence-electron chi connectivity index (χ1n) is 5.39. The fourth-order valence-corrected chi connectivity index (χ4v) is 1.75. The molecule has 1 aliphatic rings. The third-order valence-electron chi connectivity index (χ3n) is 2.59. The van der Waals surface area contributed by atoms with Crippen molar-refractivity contribution in [3.8, 4) is 0 Å². The molecule has 5 N–H and O–H groups in total. The zero-order valence-corrected chi connectivity index (χ0v) is 9.23. The van der Waals surface area contributed by atoms with Crippen molar-refractivity contribution >= 4 is 11.6 Å². The van der Waals surface area contributed by atoms with E-state index in [2.05, 4.69) is 15.6 Å². The number of pyridine rings is 1. The fourth-order valence-electron chi connectivity index (χ4n) is 1.75. The second-order valence-corrected chi connectivity index (χ2v) is 3.96. The lowest BCUT2D eigenvalue weighted by Crippen LogP contribution is -2.40. The molecule has 0 aliphatic carbocycles. The normalized spacial score (nSPS) is 20.2. The lowest BCUT2D eigenvalue weighted by atomic mass is 10.3. The highest BCUT2D eigenvalue weighted by Crippen LogP contribution is 2.05. The van der Waals surface area contributed by atoms with Crippen LogP contribution in [0, 0.1) is 5.41 Å². The zero-order valence-electron chi connectivity index (χ0n) is 9.23. The minimum atomic E-state index is -0.269. The van der Waals surface area contributed by atoms with Crippen LogP contribution in [0.15, 0.2) is 23.1 Å². The SMILES string of the molecule is N=C(Nc1ccc[nH]c1=O)NC1CCN(O)C1. The average Bonchev–Trinajstić information content (AvgIpc) is 2.67. The predicted octanol–water partition coefficient (Wildman–Crippen LogP) is -0.225. The first-order chi connectivity index (χ1) is 8.15. The van der Waals surface area contributed by atoms with Crippen molar-refractivity contribution in [1.82, 2.24) is 15.4 Å². The Labute approximate surface area is 97.9 Å². The molecule has 7 nitrogen and oxygen atoms in total. The van der Waals surface area contributed by atoms with Gasteiger partial charge in [-0.25, -0.2) is 0 Å². The molecule has 17 heavy (non-hydrogen) atoms. The molecule has 1 aromatic heterocycles. The minimum absolute atomic E-state index is 0.0304. The molecular formula is C10H15N5O2. The second-order valence-electron chi connectivity index (χ2n) is 3.96. The van der Waals surface area contributed by atoms with Crippen molar-refractivity contribution in [2.45, 2.75) is 12.5 Å². The van der Waals surface area contributed by atoms with E-state index in [1.54, 1.807) is 12.1 Å². The van der Waals surface area contributed by atoms with Crippen molar-refractivity contribution in [1.29, 1.82) is 5.41 Å². The van der Waals surface area contributed by atoms with E-state index in [0.29, 0.717) is 18.8 Å². The highest BCUT2D eigenvalue weighted by Gasteiger charge is 2.21. The van der Waals surface area contributed by atoms with Gasteiger partial charge >= 0.3 is 0 Å². The average molecular weight is 237 g/mol. The Kier molecular flexibility index (Phi) is 3.40. The molecule has 0 amide bonds. The Balaban J connectivity index is 1.90. The van der Waals surface area contributed by atoms with Gasteiger partial charge in [-0.3, -0.25) is 10.2 Å². The van der Waals surface area contributed by atoms with E-state index in [-0.39, 0.29) is 17.6 Å². The van der Waals surface area contributed by atoms with Gasteiger partial charge in [-0.2, -0.15) is 5.06 Å². The molecule has 1 unspecified atom stereocenters. The molecule has 2 rings (SSSR count). The summed E-state index contributed by atoms with van der Waals surface area (Å²) >= 11 is 0. The van der Waals surface area contributed by atoms with E-state index in [9.17, 15) is 10.0 Å². The molecule has 1 fully saturated rings. The smallest absolute Gasteiger partial charge is 0.271 e. The van der Waals surface area contributed by atoms with Crippen molar-refractivity contribution in [3.05, 3.63) is 28.7 Å². The number of aromatic nitrogens is 1. The molecular weight excluding hydrogens is 222 g/mol. The molecule has 0 spiro atoms. The number of nitrogens with one attached hydrogen (secondary N) is 4. The molecule has 0 aromatic carbocycles. The van der Waals surface area contributed by atoms with Gasteiger partial charge in [0, 0.05) is 25.3 Å². The molecule has 1 saturated heterocycles. The lowest BCUT2D eigenvalue weighted by molar-refractivity contribution is -0.0693. The maximum Gasteiger partial charge on any atom is 0.271 e. The summed E-state index contributed by atoms with van der Waals surface area (Å²) in [7, 11) is 0. The van der Waals surface area contributed by atoms with Crippen LogP contribution in [0.5, 0.6) is 0 Å². The number of hydrogen-bond donors (Lipinski definition) is 5. The van der Waals surface area contributed by atoms with Gasteiger partial charge in [-0.1, -0.05) is 0 Å². The van der Waals surface area contributed by atoms with E-state index in [1.807, 2.05) is 0 Å². The molecule has 2 heterocycles. The zero-order chi connectivity index (χ0) is 12.3. The molecule has 1 atom stereocenters. The van der Waals surface area contributed by atoms with Gasteiger partial charge in [-0.15, -0.1) is 0 Å². The predicted molar refractivity (Wildman–Crippen MR) is 63.3 cm³/mol. The standard InChI is InChI=1S/C10H15N5O2/c11-10(13-7-3-5-15(17)6-7)14-8-2-1-4-12-9(8)16/h1-2,4,7,17H,3,5-6H2,(H,12,16)(H3,11,13,14). The molecule has 1 aliphatic heterocycles. The number of guanidine groups is 1. The largest absolute Gasteiger partial charge is 0.352 e. The van der Waals surface area contributed by atoms with Gasteiger partial charge in [0.05, 0.1) is 0 Å². The first kappa shape index (κ1) is 11.6. The molecule has 7 heteroatoms. The Morgan fingerprint density at radius 2 is 2.47 bits per heavy atom. The molecule has 1 aromatic rings. The molecule has 0 radical (unpaired) electrons. The number of hydrogen-bond acceptors (Lipinski definition) is 4. The third-order valence-corrected chi connectivity index (χ3v) is 2.59. The summed E-state index contributed by atoms with van der Waals surface area (Å²) in [5, 5.41) is 23.7. The van der Waals surface area contributed by atoms with Crippen LogP contribution in [0.25, 0.3) is 0 Å². The van der Waals surface area contributed by atoms with Gasteiger partial charge in [0.25, 0.3) is 5.56 Å². The maximum absolute atomic E-state index is 11.4. The van der Waals surface area contributed by atoms with Crippen LogP contribution >= 0.6 is 0 Å². The quantitative estimate of drug-likeness (QED) is 0.361. The van der Waals surface area contributed by atoms with Crippen LogP contribution in [-0.2, 0) is 0 Å². The summed E-state index contributed by atoms with van der Waals surface area (Å²) in [5.74, 6) is 0.0574. The van der Waals surface area contributed by atoms with Gasteiger partial charge in [-0.05, 0) is 18.6 Å². The first-order valence-corrected chi connectivity index (χ1v) is 5.39. The van der Waals surface area contributed by atoms with E-state index in [4.69, 9.17) is 5.41 Å². The number of rotatable bonds is 2. The van der Waals surface area contributed by atoms with Crippen LogP contribution in [0.3, 0.4) is 0 Å². The Morgan fingerprint density at radius 3 is 3.12 bits per heavy atom. The number of nitrogens with zero attached hydrogens (tertiary/aromatic N) is 1. The summed E-state index contributed by atoms with van der Waals surface area (Å²) in [5.41, 5.74) is 0.0538. The number of H-pyrrole nitrogens is 1. The van der Waals surface area contributed by atoms with Crippen LogP contribution in [0.4, 0.5) is 5.69 Å². The third kappa shape index (κ3) is 3.05. The van der Waals surface area contributed by atoms with E-state index < -0.39 is 0 Å². The van der Waals surface area contributed by atoms with Crippen molar-refractivity contribution in [2.24, 2.45) is 0 Å². The lowest BCUT2D eigenvalue weighted by Gasteiger charge is -2.15. The number of anilines is 1. The van der Waals surface area contributed by atoms with Gasteiger partial charge < -0.3 is 20.8 Å². The van der Waals surface area contributed by atoms with E-state index in [0.717, 1.165) is 6.42 Å². The summed E-state index contributed by atoms with van der Waals surface area (Å²) in [6, 6.07) is 3.31. The molecule has 0 saturated carbocycles. The van der Waals surface area contributed by atoms with Gasteiger partial charge in [0.1, 0.15) is 5.69 Å². The Hall–Kier alpha value is -1.86. The summed E-state index contributed by atoms with van der Waals surface area (Å²) < 4.78 is 0. The summed E-state index contributed by atoms with van der Waals surface area (Å²) in [6.07, 6.45) is 2.30. The topological polar surface area (TPSA) is 104 Å². The number of aromatic amines is 1. The highest BCUT2D eigenvalue weighted by atomic mass is 16.5. The second kappa shape index (κ2) is 4.98.